The van der Waals surface area contributed by atoms with E-state index in [4.69, 9.17) is 4.74 Å². The lowest BCUT2D eigenvalue weighted by atomic mass is 9.97. The molecular weight excluding hydrogens is 452 g/mol. The van der Waals surface area contributed by atoms with Gasteiger partial charge in [0.05, 0.1) is 6.21 Å². The van der Waals surface area contributed by atoms with Gasteiger partial charge in [0.25, 0.3) is 11.8 Å². The molecule has 2 amide bonds. The van der Waals surface area contributed by atoms with Crippen LogP contribution in [0.15, 0.2) is 84.0 Å². The van der Waals surface area contributed by atoms with Gasteiger partial charge in [-0.05, 0) is 87.2 Å². The number of hydrazone groups is 1. The van der Waals surface area contributed by atoms with E-state index in [1.165, 1.54) is 0 Å². The van der Waals surface area contributed by atoms with E-state index in [9.17, 15) is 9.59 Å². The number of nitrogens with zero attached hydrogens (tertiary/aromatic N) is 2. The van der Waals surface area contributed by atoms with Crippen LogP contribution in [0.1, 0.15) is 49.0 Å². The SMILES string of the molecule is C[C@@H]1CCC[C@@H](C)N1C(=O)COc1ccc(C(=O)N/N=C\c2ccc(Nc3ccccc3)cc2)cc1. The Morgan fingerprint density at radius 3 is 2.22 bits per heavy atom. The molecule has 0 bridgehead atoms. The highest BCUT2D eigenvalue weighted by Crippen LogP contribution is 2.23. The number of ether oxygens (including phenoxy) is 1. The average Bonchev–Trinajstić information content (AvgIpc) is 2.89. The molecule has 4 rings (SSSR count). The van der Waals surface area contributed by atoms with E-state index in [2.05, 4.69) is 29.7 Å². The Labute approximate surface area is 212 Å². The molecule has 36 heavy (non-hydrogen) atoms. The first kappa shape index (κ1) is 25.0. The monoisotopic (exact) mass is 484 g/mol. The van der Waals surface area contributed by atoms with Crippen molar-refractivity contribution >= 4 is 29.4 Å². The molecule has 1 saturated heterocycles. The fourth-order valence-electron chi connectivity index (χ4n) is 4.41. The number of hydrogen-bond donors (Lipinski definition) is 2. The first-order chi connectivity index (χ1) is 17.5. The number of rotatable bonds is 8. The topological polar surface area (TPSA) is 83.0 Å². The van der Waals surface area contributed by atoms with E-state index in [1.807, 2.05) is 59.5 Å². The maximum Gasteiger partial charge on any atom is 0.271 e. The Kier molecular flexibility index (Phi) is 8.34. The minimum Gasteiger partial charge on any atom is -0.484 e. The van der Waals surface area contributed by atoms with Crippen molar-refractivity contribution in [2.45, 2.75) is 45.2 Å². The minimum atomic E-state index is -0.327. The minimum absolute atomic E-state index is 0.00487. The summed E-state index contributed by atoms with van der Waals surface area (Å²) < 4.78 is 5.68. The quantitative estimate of drug-likeness (QED) is 0.333. The van der Waals surface area contributed by atoms with Crippen LogP contribution in [0, 0.1) is 0 Å². The Hall–Kier alpha value is -4.13. The number of benzene rings is 3. The van der Waals surface area contributed by atoms with E-state index >= 15 is 0 Å². The van der Waals surface area contributed by atoms with Crippen LogP contribution < -0.4 is 15.5 Å². The van der Waals surface area contributed by atoms with Crippen molar-refractivity contribution in [3.8, 4) is 5.75 Å². The molecule has 0 aromatic heterocycles. The Morgan fingerprint density at radius 1 is 0.917 bits per heavy atom. The zero-order valence-corrected chi connectivity index (χ0v) is 20.7. The first-order valence-electron chi connectivity index (χ1n) is 12.3. The van der Waals surface area contributed by atoms with Gasteiger partial charge in [-0.25, -0.2) is 5.43 Å². The zero-order chi connectivity index (χ0) is 25.3. The van der Waals surface area contributed by atoms with Crippen molar-refractivity contribution in [2.24, 2.45) is 5.10 Å². The maximum absolute atomic E-state index is 12.6. The molecule has 2 N–H and O–H groups in total. The average molecular weight is 485 g/mol. The van der Waals surface area contributed by atoms with E-state index in [0.29, 0.717) is 11.3 Å². The number of carbonyl (C=O) groups excluding carboxylic acids is 2. The molecule has 0 spiro atoms. The number of carbonyl (C=O) groups is 2. The summed E-state index contributed by atoms with van der Waals surface area (Å²) >= 11 is 0. The molecule has 7 heteroatoms. The van der Waals surface area contributed by atoms with Gasteiger partial charge in [-0.3, -0.25) is 9.59 Å². The van der Waals surface area contributed by atoms with Crippen molar-refractivity contribution in [1.82, 2.24) is 10.3 Å². The summed E-state index contributed by atoms with van der Waals surface area (Å²) in [7, 11) is 0. The Balaban J connectivity index is 1.24. The number of hydrogen-bond acceptors (Lipinski definition) is 5. The largest absolute Gasteiger partial charge is 0.484 e. The van der Waals surface area contributed by atoms with Crippen LogP contribution in [-0.2, 0) is 4.79 Å². The zero-order valence-electron chi connectivity index (χ0n) is 20.7. The maximum atomic E-state index is 12.6. The van der Waals surface area contributed by atoms with Crippen LogP contribution >= 0.6 is 0 Å². The van der Waals surface area contributed by atoms with Gasteiger partial charge in [-0.2, -0.15) is 5.10 Å². The molecule has 186 valence electrons. The summed E-state index contributed by atoms with van der Waals surface area (Å²) in [5.74, 6) is 0.215. The summed E-state index contributed by atoms with van der Waals surface area (Å²) in [5, 5.41) is 7.37. The molecule has 3 aromatic rings. The fraction of sp³-hybridized carbons (Fsp3) is 0.276. The highest BCUT2D eigenvalue weighted by atomic mass is 16.5. The van der Waals surface area contributed by atoms with Gasteiger partial charge in [0.1, 0.15) is 5.75 Å². The van der Waals surface area contributed by atoms with Gasteiger partial charge in [-0.15, -0.1) is 0 Å². The molecule has 0 unspecified atom stereocenters. The third-order valence-corrected chi connectivity index (χ3v) is 6.31. The van der Waals surface area contributed by atoms with Crippen LogP contribution in [0.3, 0.4) is 0 Å². The lowest BCUT2D eigenvalue weighted by molar-refractivity contribution is -0.139. The second-order valence-corrected chi connectivity index (χ2v) is 9.06. The number of anilines is 2. The highest BCUT2D eigenvalue weighted by Gasteiger charge is 2.28. The lowest BCUT2D eigenvalue weighted by Crippen LogP contribution is -2.49. The third-order valence-electron chi connectivity index (χ3n) is 6.31. The fourth-order valence-corrected chi connectivity index (χ4v) is 4.41. The van der Waals surface area contributed by atoms with Crippen LogP contribution in [0.5, 0.6) is 5.75 Å². The summed E-state index contributed by atoms with van der Waals surface area (Å²) in [5.41, 5.74) is 5.83. The van der Waals surface area contributed by atoms with E-state index in [1.54, 1.807) is 30.5 Å². The molecule has 0 saturated carbocycles. The van der Waals surface area contributed by atoms with Crippen molar-refractivity contribution in [3.63, 3.8) is 0 Å². The number of amides is 2. The van der Waals surface area contributed by atoms with Crippen molar-refractivity contribution in [1.29, 1.82) is 0 Å². The number of para-hydroxylation sites is 1. The van der Waals surface area contributed by atoms with Crippen molar-refractivity contribution in [2.75, 3.05) is 11.9 Å². The summed E-state index contributed by atoms with van der Waals surface area (Å²) in [6.45, 7) is 4.16. The van der Waals surface area contributed by atoms with E-state index in [-0.39, 0.29) is 30.5 Å². The molecule has 7 nitrogen and oxygen atoms in total. The molecular formula is C29H32N4O3. The predicted molar refractivity (Wildman–Crippen MR) is 143 cm³/mol. The molecule has 2 atom stereocenters. The van der Waals surface area contributed by atoms with Crippen molar-refractivity contribution < 1.29 is 14.3 Å². The van der Waals surface area contributed by atoms with Gasteiger partial charge in [0, 0.05) is 29.0 Å². The molecule has 1 aliphatic rings. The summed E-state index contributed by atoms with van der Waals surface area (Å²) in [6.07, 6.45) is 4.80. The van der Waals surface area contributed by atoms with Gasteiger partial charge < -0.3 is 15.0 Å². The standard InChI is InChI=1S/C29H32N4O3/c1-21-7-6-8-22(2)33(21)28(34)20-36-27-17-13-24(14-18-27)29(35)32-30-19-23-11-15-26(16-12-23)31-25-9-4-3-5-10-25/h3-5,9-19,21-22,31H,6-8,20H2,1-2H3,(H,32,35)/b30-19-/t21-,22-/m1/s1. The summed E-state index contributed by atoms with van der Waals surface area (Å²) in [6, 6.07) is 24.8. The Bertz CT molecular complexity index is 1170. The Morgan fingerprint density at radius 2 is 1.56 bits per heavy atom. The van der Waals surface area contributed by atoms with Crippen LogP contribution in [0.2, 0.25) is 0 Å². The predicted octanol–water partition coefficient (Wildman–Crippen LogP) is 5.36. The van der Waals surface area contributed by atoms with Crippen molar-refractivity contribution in [3.05, 3.63) is 90.0 Å². The van der Waals surface area contributed by atoms with Gasteiger partial charge in [0.2, 0.25) is 0 Å². The second-order valence-electron chi connectivity index (χ2n) is 9.06. The normalized spacial score (nSPS) is 17.6. The second kappa shape index (κ2) is 12.0. The van der Waals surface area contributed by atoms with Gasteiger partial charge >= 0.3 is 0 Å². The molecule has 0 radical (unpaired) electrons. The van der Waals surface area contributed by atoms with Gasteiger partial charge in [-0.1, -0.05) is 30.3 Å². The van der Waals surface area contributed by atoms with E-state index in [0.717, 1.165) is 36.2 Å². The lowest BCUT2D eigenvalue weighted by Gasteiger charge is -2.38. The van der Waals surface area contributed by atoms with E-state index < -0.39 is 0 Å². The highest BCUT2D eigenvalue weighted by molar-refractivity contribution is 5.95. The van der Waals surface area contributed by atoms with Crippen LogP contribution in [0.25, 0.3) is 0 Å². The van der Waals surface area contributed by atoms with Gasteiger partial charge in [0.15, 0.2) is 6.61 Å². The smallest absolute Gasteiger partial charge is 0.271 e. The number of likely N-dealkylation sites (tertiary alicyclic amines) is 1. The first-order valence-corrected chi connectivity index (χ1v) is 12.3. The molecule has 1 fully saturated rings. The molecule has 0 aliphatic carbocycles. The summed E-state index contributed by atoms with van der Waals surface area (Å²) in [4.78, 5) is 27.0. The number of piperidine rings is 1. The van der Waals surface area contributed by atoms with Crippen LogP contribution in [0.4, 0.5) is 11.4 Å². The number of nitrogens with one attached hydrogen (secondary N) is 2. The molecule has 3 aromatic carbocycles. The third kappa shape index (κ3) is 6.72. The molecule has 1 aliphatic heterocycles. The van der Waals surface area contributed by atoms with Crippen LogP contribution in [-0.4, -0.2) is 41.6 Å². The molecule has 1 heterocycles.